The quantitative estimate of drug-likeness (QED) is 0.189. The molecule has 3 aromatic heterocycles. The van der Waals surface area contributed by atoms with Crippen LogP contribution < -0.4 is 10.9 Å². The molecule has 0 spiro atoms. The highest BCUT2D eigenvalue weighted by molar-refractivity contribution is 9.10. The minimum absolute atomic E-state index is 0.0498. The highest BCUT2D eigenvalue weighted by Gasteiger charge is 2.19. The van der Waals surface area contributed by atoms with E-state index in [-0.39, 0.29) is 29.5 Å². The minimum atomic E-state index is -0.509. The Morgan fingerprint density at radius 3 is 2.59 bits per heavy atom. The summed E-state index contributed by atoms with van der Waals surface area (Å²) in [5.74, 6) is -0.244. The largest absolute Gasteiger partial charge is 0.453 e. The highest BCUT2D eigenvalue weighted by Crippen LogP contribution is 2.30. The molecule has 0 fully saturated rings. The number of nitrogens with zero attached hydrogens (tertiary/aromatic N) is 4. The molecule has 7 aromatic rings. The number of fused-ring (bicyclic) bond motifs is 3. The van der Waals surface area contributed by atoms with E-state index >= 15 is 0 Å². The molecule has 3 heterocycles. The maximum Gasteiger partial charge on any atom is 0.282 e. The van der Waals surface area contributed by atoms with E-state index in [0.29, 0.717) is 22.2 Å². The fourth-order valence-electron chi connectivity index (χ4n) is 5.35. The topological polar surface area (TPSA) is 94.4 Å². The molecule has 4 aromatic carbocycles. The van der Waals surface area contributed by atoms with E-state index in [1.54, 1.807) is 36.5 Å². The van der Waals surface area contributed by atoms with E-state index in [1.807, 2.05) is 66.1 Å². The summed E-state index contributed by atoms with van der Waals surface area (Å²) in [5, 5.41) is 9.40. The summed E-state index contributed by atoms with van der Waals surface area (Å²) in [7, 11) is 0. The third-order valence-electron chi connectivity index (χ3n) is 7.48. The van der Waals surface area contributed by atoms with Crippen molar-refractivity contribution in [2.24, 2.45) is 5.10 Å². The molecular weight excluding hydrogens is 625 g/mol. The molecule has 0 atom stereocenters. The number of hydrogen-bond donors (Lipinski definition) is 1. The number of anilines is 1. The first kappa shape index (κ1) is 27.5. The van der Waals surface area contributed by atoms with Crippen LogP contribution in [-0.4, -0.2) is 26.3 Å². The SMILES string of the molecule is Cc1c(C=Nn2c(-c3cc4cc(Br)ccc4o3)nc3ccccc3c2=O)c2ccccc2n1CC(=O)Nc1ccccc1F. The Morgan fingerprint density at radius 2 is 1.75 bits per heavy atom. The van der Waals surface area contributed by atoms with Crippen LogP contribution in [0.4, 0.5) is 10.1 Å². The summed E-state index contributed by atoms with van der Waals surface area (Å²) >= 11 is 3.49. The molecule has 7 rings (SSSR count). The first-order valence-electron chi connectivity index (χ1n) is 13.8. The molecule has 0 radical (unpaired) electrons. The van der Waals surface area contributed by atoms with Crippen LogP contribution in [0.5, 0.6) is 0 Å². The van der Waals surface area contributed by atoms with Gasteiger partial charge in [0.2, 0.25) is 11.7 Å². The van der Waals surface area contributed by atoms with Gasteiger partial charge in [-0.2, -0.15) is 9.78 Å². The number of carbonyl (C=O) groups excluding carboxylic acids is 1. The van der Waals surface area contributed by atoms with Gasteiger partial charge < -0.3 is 14.3 Å². The van der Waals surface area contributed by atoms with Crippen molar-refractivity contribution >= 4 is 66.5 Å². The molecule has 0 saturated carbocycles. The zero-order valence-electron chi connectivity index (χ0n) is 23.3. The summed E-state index contributed by atoms with van der Waals surface area (Å²) in [6, 6.07) is 28.2. The van der Waals surface area contributed by atoms with Gasteiger partial charge in [0.1, 0.15) is 17.9 Å². The van der Waals surface area contributed by atoms with Gasteiger partial charge >= 0.3 is 0 Å². The van der Waals surface area contributed by atoms with Crippen LogP contribution in [-0.2, 0) is 11.3 Å². The number of rotatable bonds is 6. The van der Waals surface area contributed by atoms with Crippen LogP contribution in [0.25, 0.3) is 44.4 Å². The Morgan fingerprint density at radius 1 is 1.00 bits per heavy atom. The number of aromatic nitrogens is 3. The maximum absolute atomic E-state index is 14.2. The predicted octanol–water partition coefficient (Wildman–Crippen LogP) is 7.50. The van der Waals surface area contributed by atoms with Crippen molar-refractivity contribution in [3.63, 3.8) is 0 Å². The lowest BCUT2D eigenvalue weighted by Crippen LogP contribution is -2.20. The molecule has 0 unspecified atom stereocenters. The number of carbonyl (C=O) groups is 1. The molecule has 1 amide bonds. The molecule has 0 aliphatic rings. The Hall–Kier alpha value is -5.35. The van der Waals surface area contributed by atoms with Crippen LogP contribution in [0.2, 0.25) is 0 Å². The average molecular weight is 648 g/mol. The Labute approximate surface area is 258 Å². The first-order chi connectivity index (χ1) is 21.4. The van der Waals surface area contributed by atoms with Crippen molar-refractivity contribution < 1.29 is 13.6 Å². The summed E-state index contributed by atoms with van der Waals surface area (Å²) in [5.41, 5.74) is 3.19. The van der Waals surface area contributed by atoms with Gasteiger partial charge in [-0.1, -0.05) is 58.4 Å². The van der Waals surface area contributed by atoms with Crippen LogP contribution in [0.3, 0.4) is 0 Å². The molecule has 8 nitrogen and oxygen atoms in total. The van der Waals surface area contributed by atoms with Crippen molar-refractivity contribution in [3.05, 3.63) is 129 Å². The second-order valence-electron chi connectivity index (χ2n) is 10.2. The van der Waals surface area contributed by atoms with Crippen molar-refractivity contribution in [3.8, 4) is 11.6 Å². The molecule has 44 heavy (non-hydrogen) atoms. The van der Waals surface area contributed by atoms with Gasteiger partial charge in [-0.3, -0.25) is 9.59 Å². The van der Waals surface area contributed by atoms with Crippen LogP contribution in [0.1, 0.15) is 11.3 Å². The number of nitrogens with one attached hydrogen (secondary N) is 1. The molecule has 0 aliphatic carbocycles. The average Bonchev–Trinajstić information content (AvgIpc) is 3.56. The van der Waals surface area contributed by atoms with E-state index in [1.165, 1.54) is 16.8 Å². The number of amides is 1. The normalized spacial score (nSPS) is 11.7. The lowest BCUT2D eigenvalue weighted by Gasteiger charge is -2.10. The predicted molar refractivity (Wildman–Crippen MR) is 174 cm³/mol. The second kappa shape index (κ2) is 11.1. The Balaban J connectivity index is 1.33. The van der Waals surface area contributed by atoms with E-state index in [9.17, 15) is 14.0 Å². The van der Waals surface area contributed by atoms with E-state index in [2.05, 4.69) is 26.3 Å². The molecule has 1 N–H and O–H groups in total. The number of halogens is 2. The Kier molecular flexibility index (Phi) is 6.90. The smallest absolute Gasteiger partial charge is 0.282 e. The monoisotopic (exact) mass is 647 g/mol. The van der Waals surface area contributed by atoms with Gasteiger partial charge in [-0.05, 0) is 61.5 Å². The summed E-state index contributed by atoms with van der Waals surface area (Å²) in [6.07, 6.45) is 1.60. The molecule has 10 heteroatoms. The van der Waals surface area contributed by atoms with Gasteiger partial charge in [0.15, 0.2) is 5.76 Å². The van der Waals surface area contributed by atoms with Crippen molar-refractivity contribution in [2.45, 2.75) is 13.5 Å². The summed E-state index contributed by atoms with van der Waals surface area (Å²) in [6.45, 7) is 1.82. The van der Waals surface area contributed by atoms with Gasteiger partial charge in [-0.25, -0.2) is 9.37 Å². The van der Waals surface area contributed by atoms with Gasteiger partial charge in [0.25, 0.3) is 5.56 Å². The summed E-state index contributed by atoms with van der Waals surface area (Å²) < 4.78 is 24.3. The lowest BCUT2D eigenvalue weighted by molar-refractivity contribution is -0.116. The fourth-order valence-corrected chi connectivity index (χ4v) is 5.73. The lowest BCUT2D eigenvalue weighted by atomic mass is 10.1. The van der Waals surface area contributed by atoms with E-state index in [0.717, 1.165) is 32.0 Å². The van der Waals surface area contributed by atoms with Gasteiger partial charge in [0, 0.05) is 32.0 Å². The molecule has 216 valence electrons. The van der Waals surface area contributed by atoms with Crippen molar-refractivity contribution in [2.75, 3.05) is 5.32 Å². The molecule has 0 aliphatic heterocycles. The third-order valence-corrected chi connectivity index (χ3v) is 7.98. The Bertz CT molecular complexity index is 2340. The zero-order valence-corrected chi connectivity index (χ0v) is 24.9. The van der Waals surface area contributed by atoms with Gasteiger partial charge in [0.05, 0.1) is 22.8 Å². The van der Waals surface area contributed by atoms with Crippen LogP contribution in [0, 0.1) is 12.7 Å². The molecular formula is C34H23BrFN5O3. The zero-order chi connectivity index (χ0) is 30.4. The van der Waals surface area contributed by atoms with E-state index in [4.69, 9.17) is 9.40 Å². The third kappa shape index (κ3) is 4.88. The van der Waals surface area contributed by atoms with Gasteiger partial charge in [-0.15, -0.1) is 0 Å². The molecule has 0 bridgehead atoms. The standard InChI is InChI=1S/C34H23BrFN5O3/c1-20-25(23-8-3-7-13-29(23)40(20)19-32(42)38-28-12-6-4-10-26(28)36)18-37-41-33(39-27-11-5-2-9-24(27)34(41)43)31-17-21-16-22(35)14-15-30(21)44-31/h2-18H,19H2,1H3,(H,38,42). The van der Waals surface area contributed by atoms with Crippen LogP contribution in [0.15, 0.2) is 116 Å². The highest BCUT2D eigenvalue weighted by atomic mass is 79.9. The number of para-hydroxylation sites is 3. The van der Waals surface area contributed by atoms with Crippen molar-refractivity contribution in [1.29, 1.82) is 0 Å². The van der Waals surface area contributed by atoms with E-state index < -0.39 is 5.82 Å². The first-order valence-corrected chi connectivity index (χ1v) is 14.5. The molecule has 0 saturated heterocycles. The van der Waals surface area contributed by atoms with Crippen LogP contribution >= 0.6 is 15.9 Å². The minimum Gasteiger partial charge on any atom is -0.453 e. The van der Waals surface area contributed by atoms with Crippen molar-refractivity contribution in [1.82, 2.24) is 14.2 Å². The maximum atomic E-state index is 14.2. The number of hydrogen-bond acceptors (Lipinski definition) is 5. The number of benzene rings is 4. The fraction of sp³-hybridized carbons (Fsp3) is 0.0588. The summed E-state index contributed by atoms with van der Waals surface area (Å²) in [4.78, 5) is 31.5. The number of furan rings is 1. The second-order valence-corrected chi connectivity index (χ2v) is 11.2.